The minimum atomic E-state index is 0.271. The Morgan fingerprint density at radius 2 is 1.85 bits per heavy atom. The first-order chi connectivity index (χ1) is 9.74. The van der Waals surface area contributed by atoms with Crippen LogP contribution in [0.15, 0.2) is 24.3 Å². The summed E-state index contributed by atoms with van der Waals surface area (Å²) in [4.78, 5) is 0. The van der Waals surface area contributed by atoms with Crippen molar-refractivity contribution in [3.8, 4) is 0 Å². The van der Waals surface area contributed by atoms with E-state index >= 15 is 0 Å². The highest BCUT2D eigenvalue weighted by atomic mass is 15.3. The second-order valence-corrected chi connectivity index (χ2v) is 6.38. The zero-order valence-electron chi connectivity index (χ0n) is 12.4. The predicted molar refractivity (Wildman–Crippen MR) is 83.6 cm³/mol. The lowest BCUT2D eigenvalue weighted by molar-refractivity contribution is 0.250. The summed E-state index contributed by atoms with van der Waals surface area (Å²) in [6.45, 7) is 0.790. The molecule has 0 atom stereocenters. The Labute approximate surface area is 121 Å². The van der Waals surface area contributed by atoms with Gasteiger partial charge in [0.25, 0.3) is 0 Å². The first-order valence-corrected chi connectivity index (χ1v) is 7.85. The minimum Gasteiger partial charge on any atom is -0.330 e. The number of aromatic nitrogens is 2. The van der Waals surface area contributed by atoms with Gasteiger partial charge in [-0.25, -0.2) is 0 Å². The molecule has 1 fully saturated rings. The molecular weight excluding hydrogens is 246 g/mol. The van der Waals surface area contributed by atoms with Crippen LogP contribution in [-0.4, -0.2) is 16.3 Å². The van der Waals surface area contributed by atoms with Gasteiger partial charge in [0.1, 0.15) is 0 Å². The number of nitrogens with zero attached hydrogens (tertiary/aromatic N) is 2. The number of nitrogens with two attached hydrogens (primary N) is 1. The van der Waals surface area contributed by atoms with Crippen LogP contribution in [0.5, 0.6) is 0 Å². The molecule has 0 saturated heterocycles. The number of para-hydroxylation sites is 1. The molecule has 3 nitrogen and oxygen atoms in total. The minimum absolute atomic E-state index is 0.271. The molecular formula is C17H25N3. The van der Waals surface area contributed by atoms with Gasteiger partial charge in [-0.3, -0.25) is 4.68 Å². The molecule has 0 aliphatic heterocycles. The average molecular weight is 271 g/mol. The third kappa shape index (κ3) is 2.47. The molecule has 1 aromatic heterocycles. The van der Waals surface area contributed by atoms with E-state index in [-0.39, 0.29) is 5.41 Å². The highest BCUT2D eigenvalue weighted by molar-refractivity contribution is 5.81. The molecule has 3 heteroatoms. The van der Waals surface area contributed by atoms with Gasteiger partial charge in [-0.05, 0) is 37.3 Å². The summed E-state index contributed by atoms with van der Waals surface area (Å²) in [6.07, 6.45) is 8.92. The maximum Gasteiger partial charge on any atom is 0.0709 e. The van der Waals surface area contributed by atoms with Crippen LogP contribution in [0.3, 0.4) is 0 Å². The molecule has 0 spiro atoms. The van der Waals surface area contributed by atoms with Crippen molar-refractivity contribution in [3.05, 3.63) is 30.0 Å². The molecule has 0 unspecified atom stereocenters. The van der Waals surface area contributed by atoms with E-state index in [1.807, 2.05) is 11.7 Å². The third-order valence-corrected chi connectivity index (χ3v) is 4.97. The molecule has 1 aliphatic carbocycles. The van der Waals surface area contributed by atoms with Crippen molar-refractivity contribution < 1.29 is 0 Å². The Balaban J connectivity index is 1.94. The number of benzene rings is 1. The number of aryl methyl sites for hydroxylation is 1. The predicted octanol–water partition coefficient (Wildman–Crippen LogP) is 3.42. The van der Waals surface area contributed by atoms with Crippen LogP contribution in [-0.2, 0) is 13.5 Å². The zero-order chi connectivity index (χ0) is 14.0. The van der Waals surface area contributed by atoms with Gasteiger partial charge in [0, 0.05) is 12.4 Å². The summed E-state index contributed by atoms with van der Waals surface area (Å²) in [5.74, 6) is 0. The molecule has 2 aromatic rings. The normalized spacial score (nSPS) is 19.1. The summed E-state index contributed by atoms with van der Waals surface area (Å²) in [6, 6.07) is 8.53. The number of hydrogen-bond donors (Lipinski definition) is 1. The first kappa shape index (κ1) is 13.6. The lowest BCUT2D eigenvalue weighted by atomic mass is 9.76. The maximum atomic E-state index is 6.17. The van der Waals surface area contributed by atoms with Gasteiger partial charge in [-0.15, -0.1) is 0 Å². The van der Waals surface area contributed by atoms with E-state index in [9.17, 15) is 0 Å². The van der Waals surface area contributed by atoms with Crippen LogP contribution in [0.4, 0.5) is 0 Å². The molecule has 0 amide bonds. The van der Waals surface area contributed by atoms with E-state index in [2.05, 4.69) is 24.3 Å². The lowest BCUT2D eigenvalue weighted by Gasteiger charge is -2.30. The van der Waals surface area contributed by atoms with Gasteiger partial charge >= 0.3 is 0 Å². The van der Waals surface area contributed by atoms with Crippen molar-refractivity contribution >= 4 is 10.9 Å². The van der Waals surface area contributed by atoms with Crippen molar-refractivity contribution in [3.63, 3.8) is 0 Å². The van der Waals surface area contributed by atoms with Crippen molar-refractivity contribution in [2.75, 3.05) is 6.54 Å². The maximum absolute atomic E-state index is 6.17. The second kappa shape index (κ2) is 5.57. The summed E-state index contributed by atoms with van der Waals surface area (Å²) in [5.41, 5.74) is 8.90. The lowest BCUT2D eigenvalue weighted by Crippen LogP contribution is -2.32. The molecule has 1 aliphatic rings. The molecule has 108 valence electrons. The smallest absolute Gasteiger partial charge is 0.0709 e. The summed E-state index contributed by atoms with van der Waals surface area (Å²) >= 11 is 0. The van der Waals surface area contributed by atoms with Gasteiger partial charge < -0.3 is 5.73 Å². The van der Waals surface area contributed by atoms with E-state index in [0.29, 0.717) is 0 Å². The highest BCUT2D eigenvalue weighted by Gasteiger charge is 2.31. The number of fused-ring (bicyclic) bond motifs is 1. The monoisotopic (exact) mass is 271 g/mol. The van der Waals surface area contributed by atoms with Gasteiger partial charge in [0.15, 0.2) is 0 Å². The molecule has 1 aromatic carbocycles. The van der Waals surface area contributed by atoms with E-state index in [1.165, 1.54) is 55.1 Å². The van der Waals surface area contributed by atoms with E-state index < -0.39 is 0 Å². The Hall–Kier alpha value is -1.35. The highest BCUT2D eigenvalue weighted by Crippen LogP contribution is 2.38. The van der Waals surface area contributed by atoms with Crippen molar-refractivity contribution in [1.82, 2.24) is 9.78 Å². The van der Waals surface area contributed by atoms with Crippen LogP contribution >= 0.6 is 0 Å². The van der Waals surface area contributed by atoms with Crippen LogP contribution < -0.4 is 5.73 Å². The fraction of sp³-hybridized carbons (Fsp3) is 0.588. The van der Waals surface area contributed by atoms with Crippen LogP contribution in [0.2, 0.25) is 0 Å². The van der Waals surface area contributed by atoms with Crippen molar-refractivity contribution in [1.29, 1.82) is 0 Å². The SMILES string of the molecule is Cn1nc(CC2(CN)CCCCCC2)c2ccccc21. The molecule has 0 radical (unpaired) electrons. The number of hydrogen-bond acceptors (Lipinski definition) is 2. The van der Waals surface area contributed by atoms with Crippen LogP contribution in [0.1, 0.15) is 44.2 Å². The Bertz CT molecular complexity index is 577. The molecule has 1 heterocycles. The Morgan fingerprint density at radius 1 is 1.15 bits per heavy atom. The van der Waals surface area contributed by atoms with Crippen molar-refractivity contribution in [2.45, 2.75) is 44.9 Å². The fourth-order valence-electron chi connectivity index (χ4n) is 3.71. The molecule has 2 N–H and O–H groups in total. The van der Waals surface area contributed by atoms with E-state index in [0.717, 1.165) is 13.0 Å². The average Bonchev–Trinajstić information content (AvgIpc) is 2.66. The quantitative estimate of drug-likeness (QED) is 0.869. The largest absolute Gasteiger partial charge is 0.330 e. The standard InChI is InChI=1S/C17H25N3/c1-20-16-9-5-4-8-14(16)15(19-20)12-17(13-18)10-6-2-3-7-11-17/h4-5,8-9H,2-3,6-7,10-13,18H2,1H3. The zero-order valence-corrected chi connectivity index (χ0v) is 12.4. The summed E-state index contributed by atoms with van der Waals surface area (Å²) < 4.78 is 2.01. The molecule has 1 saturated carbocycles. The van der Waals surface area contributed by atoms with Gasteiger partial charge in [-0.1, -0.05) is 43.9 Å². The summed E-state index contributed by atoms with van der Waals surface area (Å²) in [7, 11) is 2.04. The van der Waals surface area contributed by atoms with Gasteiger partial charge in [0.05, 0.1) is 11.2 Å². The molecule has 0 bridgehead atoms. The van der Waals surface area contributed by atoms with Gasteiger partial charge in [0.2, 0.25) is 0 Å². The summed E-state index contributed by atoms with van der Waals surface area (Å²) in [5, 5.41) is 6.07. The second-order valence-electron chi connectivity index (χ2n) is 6.38. The van der Waals surface area contributed by atoms with Crippen LogP contribution in [0, 0.1) is 5.41 Å². The van der Waals surface area contributed by atoms with Gasteiger partial charge in [-0.2, -0.15) is 5.10 Å². The topological polar surface area (TPSA) is 43.8 Å². The Kier molecular flexibility index (Phi) is 3.79. The third-order valence-electron chi connectivity index (χ3n) is 4.97. The number of rotatable bonds is 3. The van der Waals surface area contributed by atoms with E-state index in [1.54, 1.807) is 0 Å². The molecule has 3 rings (SSSR count). The fourth-order valence-corrected chi connectivity index (χ4v) is 3.71. The Morgan fingerprint density at radius 3 is 2.55 bits per heavy atom. The van der Waals surface area contributed by atoms with Crippen LogP contribution in [0.25, 0.3) is 10.9 Å². The van der Waals surface area contributed by atoms with Crippen molar-refractivity contribution in [2.24, 2.45) is 18.2 Å². The molecule has 20 heavy (non-hydrogen) atoms. The van der Waals surface area contributed by atoms with E-state index in [4.69, 9.17) is 10.8 Å². The first-order valence-electron chi connectivity index (χ1n) is 7.85.